The summed E-state index contributed by atoms with van der Waals surface area (Å²) in [5.74, 6) is 0.438. The Hall–Kier alpha value is -1.17. The number of hydrogen-bond acceptors (Lipinski definition) is 4. The van der Waals surface area contributed by atoms with Crippen LogP contribution in [0.15, 0.2) is 18.2 Å². The maximum Gasteiger partial charge on any atom is 0.126 e. The molecule has 1 aromatic rings. The molecule has 5 heteroatoms. The lowest BCUT2D eigenvalue weighted by Crippen LogP contribution is -2.26. The first-order valence-electron chi connectivity index (χ1n) is 8.68. The monoisotopic (exact) mass is 323 g/mol. The van der Waals surface area contributed by atoms with Gasteiger partial charge in [-0.3, -0.25) is 0 Å². The van der Waals surface area contributed by atoms with Crippen LogP contribution in [0.3, 0.4) is 0 Å². The minimum absolute atomic E-state index is 0.233. The fourth-order valence-corrected chi connectivity index (χ4v) is 3.20. The second kappa shape index (κ2) is 8.62. The summed E-state index contributed by atoms with van der Waals surface area (Å²) in [6, 6.07) is 5.07. The van der Waals surface area contributed by atoms with Gasteiger partial charge in [0.25, 0.3) is 0 Å². The quantitative estimate of drug-likeness (QED) is 0.816. The normalized spacial score (nSPS) is 22.2. The predicted octanol–water partition coefficient (Wildman–Crippen LogP) is 3.21. The highest BCUT2D eigenvalue weighted by Crippen LogP contribution is 2.31. The Morgan fingerprint density at radius 3 is 2.91 bits per heavy atom. The summed E-state index contributed by atoms with van der Waals surface area (Å²) >= 11 is 0. The lowest BCUT2D eigenvalue weighted by Gasteiger charge is -2.23. The number of fused-ring (bicyclic) bond motifs is 1. The van der Waals surface area contributed by atoms with E-state index < -0.39 is 0 Å². The van der Waals surface area contributed by atoms with E-state index in [1.165, 1.54) is 12.1 Å². The van der Waals surface area contributed by atoms with Crippen molar-refractivity contribution in [3.63, 3.8) is 0 Å². The third-order valence-corrected chi connectivity index (χ3v) is 4.48. The van der Waals surface area contributed by atoms with E-state index in [4.69, 9.17) is 14.2 Å². The van der Waals surface area contributed by atoms with Gasteiger partial charge in [0.2, 0.25) is 0 Å². The van der Waals surface area contributed by atoms with Crippen molar-refractivity contribution in [2.45, 2.75) is 44.2 Å². The second-order valence-corrected chi connectivity index (χ2v) is 6.22. The maximum atomic E-state index is 13.4. The minimum atomic E-state index is -0.241. The first-order chi connectivity index (χ1) is 11.3. The predicted molar refractivity (Wildman–Crippen MR) is 86.3 cm³/mol. The van der Waals surface area contributed by atoms with E-state index in [-0.39, 0.29) is 11.9 Å². The molecular formula is C18H26FNO3. The van der Waals surface area contributed by atoms with E-state index >= 15 is 0 Å². The number of hydrogen-bond donors (Lipinski definition) is 1. The van der Waals surface area contributed by atoms with Crippen molar-refractivity contribution in [2.75, 3.05) is 33.0 Å². The third-order valence-electron chi connectivity index (χ3n) is 4.48. The Bertz CT molecular complexity index is 491. The van der Waals surface area contributed by atoms with Crippen molar-refractivity contribution in [1.29, 1.82) is 0 Å². The minimum Gasteiger partial charge on any atom is -0.493 e. The molecule has 2 aliphatic rings. The molecular weight excluding hydrogens is 297 g/mol. The van der Waals surface area contributed by atoms with E-state index in [1.54, 1.807) is 0 Å². The lowest BCUT2D eigenvalue weighted by atomic mass is 10.0. The van der Waals surface area contributed by atoms with Crippen molar-refractivity contribution >= 4 is 0 Å². The van der Waals surface area contributed by atoms with E-state index in [2.05, 4.69) is 5.32 Å². The Morgan fingerprint density at radius 2 is 2.04 bits per heavy atom. The van der Waals surface area contributed by atoms with Crippen LogP contribution in [0.5, 0.6) is 5.75 Å². The fraction of sp³-hybridized carbons (Fsp3) is 0.667. The molecule has 1 saturated heterocycles. The molecule has 2 aliphatic heterocycles. The molecule has 1 atom stereocenters. The zero-order chi connectivity index (χ0) is 15.9. The molecule has 4 nitrogen and oxygen atoms in total. The van der Waals surface area contributed by atoms with Gasteiger partial charge < -0.3 is 19.5 Å². The number of ether oxygens (including phenoxy) is 3. The molecule has 0 aliphatic carbocycles. The van der Waals surface area contributed by atoms with Gasteiger partial charge in [0.05, 0.1) is 12.7 Å². The van der Waals surface area contributed by atoms with Gasteiger partial charge in [0.1, 0.15) is 11.6 Å². The van der Waals surface area contributed by atoms with Crippen molar-refractivity contribution in [1.82, 2.24) is 5.32 Å². The molecule has 0 radical (unpaired) electrons. The Balaban J connectivity index is 1.43. The molecule has 0 spiro atoms. The fourth-order valence-electron chi connectivity index (χ4n) is 3.20. The van der Waals surface area contributed by atoms with Gasteiger partial charge in [-0.15, -0.1) is 0 Å². The lowest BCUT2D eigenvalue weighted by molar-refractivity contribution is -0.0322. The molecule has 1 N–H and O–H groups in total. The molecule has 1 unspecified atom stereocenters. The molecule has 0 amide bonds. The number of halogens is 1. The largest absolute Gasteiger partial charge is 0.493 e. The second-order valence-electron chi connectivity index (χ2n) is 6.22. The Morgan fingerprint density at radius 1 is 1.17 bits per heavy atom. The number of nitrogens with one attached hydrogen (secondary N) is 1. The smallest absolute Gasteiger partial charge is 0.126 e. The van der Waals surface area contributed by atoms with E-state index in [9.17, 15) is 4.39 Å². The summed E-state index contributed by atoms with van der Waals surface area (Å²) in [6.45, 7) is 3.96. The van der Waals surface area contributed by atoms with Gasteiger partial charge in [-0.1, -0.05) is 6.07 Å². The van der Waals surface area contributed by atoms with E-state index in [0.717, 1.165) is 64.0 Å². The molecule has 1 aromatic carbocycles. The molecule has 1 fully saturated rings. The van der Waals surface area contributed by atoms with Crippen LogP contribution in [0.25, 0.3) is 0 Å². The number of rotatable bonds is 6. The van der Waals surface area contributed by atoms with Crippen LogP contribution in [0.4, 0.5) is 4.39 Å². The summed E-state index contributed by atoms with van der Waals surface area (Å²) in [7, 11) is 0. The SMILES string of the molecule is Fc1ccc2c(c1)OCCCC2NCCCOC1CCOCC1. The standard InChI is InChI=1S/C18H26FNO3/c19-14-4-5-16-17(3-1-9-23-18(16)13-14)20-8-2-10-22-15-6-11-21-12-7-15/h4-5,13,15,17,20H,1-3,6-12H2. The molecule has 2 heterocycles. The molecule has 0 bridgehead atoms. The summed E-state index contributed by atoms with van der Waals surface area (Å²) in [5, 5.41) is 3.57. The first-order valence-corrected chi connectivity index (χ1v) is 8.68. The van der Waals surface area contributed by atoms with Crippen molar-refractivity contribution in [3.8, 4) is 5.75 Å². The van der Waals surface area contributed by atoms with Crippen LogP contribution in [-0.2, 0) is 9.47 Å². The van der Waals surface area contributed by atoms with Gasteiger partial charge in [0, 0.05) is 37.5 Å². The highest BCUT2D eigenvalue weighted by Gasteiger charge is 2.20. The molecule has 23 heavy (non-hydrogen) atoms. The van der Waals surface area contributed by atoms with E-state index in [0.29, 0.717) is 18.5 Å². The maximum absolute atomic E-state index is 13.4. The zero-order valence-corrected chi connectivity index (χ0v) is 13.6. The van der Waals surface area contributed by atoms with Gasteiger partial charge in [-0.05, 0) is 44.7 Å². The van der Waals surface area contributed by atoms with Gasteiger partial charge in [-0.25, -0.2) is 4.39 Å². The molecule has 3 rings (SSSR count). The molecule has 0 saturated carbocycles. The van der Waals surface area contributed by atoms with Crippen LogP contribution >= 0.6 is 0 Å². The average Bonchev–Trinajstić information content (AvgIpc) is 2.77. The van der Waals surface area contributed by atoms with Crippen molar-refractivity contribution in [3.05, 3.63) is 29.6 Å². The summed E-state index contributed by atoms with van der Waals surface area (Å²) < 4.78 is 30.2. The van der Waals surface area contributed by atoms with Gasteiger partial charge in [0.15, 0.2) is 0 Å². The average molecular weight is 323 g/mol. The number of benzene rings is 1. The van der Waals surface area contributed by atoms with Crippen molar-refractivity contribution in [2.24, 2.45) is 0 Å². The Labute approximate surface area is 137 Å². The van der Waals surface area contributed by atoms with Gasteiger partial charge in [-0.2, -0.15) is 0 Å². The highest BCUT2D eigenvalue weighted by molar-refractivity contribution is 5.37. The molecule has 128 valence electrons. The third kappa shape index (κ3) is 4.90. The van der Waals surface area contributed by atoms with Crippen LogP contribution in [0, 0.1) is 5.82 Å². The Kier molecular flexibility index (Phi) is 6.25. The summed E-state index contributed by atoms with van der Waals surface area (Å²) in [5.41, 5.74) is 1.06. The van der Waals surface area contributed by atoms with Crippen molar-refractivity contribution < 1.29 is 18.6 Å². The first kappa shape index (κ1) is 16.7. The zero-order valence-electron chi connectivity index (χ0n) is 13.6. The summed E-state index contributed by atoms with van der Waals surface area (Å²) in [6.07, 6.45) is 5.34. The topological polar surface area (TPSA) is 39.7 Å². The van der Waals surface area contributed by atoms with Crippen LogP contribution in [0.2, 0.25) is 0 Å². The van der Waals surface area contributed by atoms with Gasteiger partial charge >= 0.3 is 0 Å². The molecule has 0 aromatic heterocycles. The highest BCUT2D eigenvalue weighted by atomic mass is 19.1. The van der Waals surface area contributed by atoms with E-state index in [1.807, 2.05) is 6.07 Å². The van der Waals surface area contributed by atoms with Crippen LogP contribution < -0.4 is 10.1 Å². The summed E-state index contributed by atoms with van der Waals surface area (Å²) in [4.78, 5) is 0. The van der Waals surface area contributed by atoms with Crippen LogP contribution in [0.1, 0.15) is 43.7 Å². The van der Waals surface area contributed by atoms with Crippen LogP contribution in [-0.4, -0.2) is 39.1 Å².